The van der Waals surface area contributed by atoms with Crippen LogP contribution in [-0.2, 0) is 38.5 Å². The first-order chi connectivity index (χ1) is 15.4. The molecule has 0 bridgehead atoms. The van der Waals surface area contributed by atoms with E-state index >= 15 is 0 Å². The zero-order chi connectivity index (χ0) is 23.1. The van der Waals surface area contributed by atoms with Crippen molar-refractivity contribution in [2.45, 2.75) is 57.8 Å². The molecule has 1 amide bonds. The number of aliphatic carboxylic acids is 1. The van der Waals surface area contributed by atoms with Gasteiger partial charge in [0.05, 0.1) is 12.6 Å². The first kappa shape index (κ1) is 23.5. The highest BCUT2D eigenvalue weighted by atomic mass is 16.5. The number of ether oxygens (including phenoxy) is 1. The number of nitrogens with one attached hydrogen (secondary N) is 1. The van der Waals surface area contributed by atoms with E-state index in [-0.39, 0.29) is 19.1 Å². The summed E-state index contributed by atoms with van der Waals surface area (Å²) in [7, 11) is 0. The standard InChI is InChI=1S/C25H30N2O5/c1-3-32-25(31)22-15-19-11-7-8-12-20(19)16-27(22)23(28)17(2)26-21(24(29)30)14-13-18-9-5-4-6-10-18/h4-12,17,21-22,26H,3,13-16H2,1-2H3,(H,29,30)/t17-,21-,22-/m0/s1. The van der Waals surface area contributed by atoms with Crippen molar-refractivity contribution in [1.82, 2.24) is 10.2 Å². The van der Waals surface area contributed by atoms with Crippen molar-refractivity contribution < 1.29 is 24.2 Å². The lowest BCUT2D eigenvalue weighted by Gasteiger charge is -2.37. The van der Waals surface area contributed by atoms with Crippen LogP contribution in [0, 0.1) is 0 Å². The van der Waals surface area contributed by atoms with Crippen LogP contribution in [-0.4, -0.2) is 52.6 Å². The third-order valence-electron chi connectivity index (χ3n) is 5.77. The van der Waals surface area contributed by atoms with Gasteiger partial charge in [0.2, 0.25) is 5.91 Å². The molecule has 1 aliphatic rings. The third-order valence-corrected chi connectivity index (χ3v) is 5.77. The van der Waals surface area contributed by atoms with Crippen molar-refractivity contribution in [1.29, 1.82) is 0 Å². The predicted molar refractivity (Wildman–Crippen MR) is 120 cm³/mol. The molecule has 1 heterocycles. The first-order valence-corrected chi connectivity index (χ1v) is 11.0. The number of aryl methyl sites for hydroxylation is 1. The van der Waals surface area contributed by atoms with E-state index in [1.165, 1.54) is 4.90 Å². The number of carbonyl (C=O) groups excluding carboxylic acids is 2. The maximum atomic E-state index is 13.3. The van der Waals surface area contributed by atoms with Crippen LogP contribution >= 0.6 is 0 Å². The largest absolute Gasteiger partial charge is 0.480 e. The van der Waals surface area contributed by atoms with Crippen molar-refractivity contribution in [2.24, 2.45) is 0 Å². The van der Waals surface area contributed by atoms with E-state index in [0.29, 0.717) is 19.3 Å². The Balaban J connectivity index is 1.72. The SMILES string of the molecule is CCOC(=O)[C@@H]1Cc2ccccc2CN1C(=O)[C@H](C)N[C@@H](CCc1ccccc1)C(=O)O. The molecule has 3 rings (SSSR count). The molecule has 3 atom stereocenters. The molecule has 0 unspecified atom stereocenters. The van der Waals surface area contributed by atoms with Crippen LogP contribution < -0.4 is 5.32 Å². The summed E-state index contributed by atoms with van der Waals surface area (Å²) in [5, 5.41) is 12.6. The number of carboxylic acid groups (broad SMARTS) is 1. The Labute approximate surface area is 188 Å². The Bertz CT molecular complexity index is 946. The van der Waals surface area contributed by atoms with E-state index in [4.69, 9.17) is 4.74 Å². The minimum Gasteiger partial charge on any atom is -0.480 e. The molecule has 2 aromatic carbocycles. The van der Waals surface area contributed by atoms with Gasteiger partial charge in [-0.25, -0.2) is 4.79 Å². The minimum absolute atomic E-state index is 0.230. The van der Waals surface area contributed by atoms with Crippen LogP contribution in [0.5, 0.6) is 0 Å². The maximum absolute atomic E-state index is 13.3. The molecule has 7 heteroatoms. The second kappa shape index (κ2) is 10.9. The summed E-state index contributed by atoms with van der Waals surface area (Å²) < 4.78 is 5.22. The Morgan fingerprint density at radius 2 is 1.75 bits per heavy atom. The molecule has 0 saturated carbocycles. The van der Waals surface area contributed by atoms with Gasteiger partial charge in [0.1, 0.15) is 12.1 Å². The molecule has 0 radical (unpaired) electrons. The zero-order valence-electron chi connectivity index (χ0n) is 18.5. The second-order valence-electron chi connectivity index (χ2n) is 8.01. The van der Waals surface area contributed by atoms with Crippen LogP contribution in [0.4, 0.5) is 0 Å². The fraction of sp³-hybridized carbons (Fsp3) is 0.400. The quantitative estimate of drug-likeness (QED) is 0.584. The normalized spacial score (nSPS) is 17.2. The molecule has 170 valence electrons. The van der Waals surface area contributed by atoms with Crippen LogP contribution in [0.15, 0.2) is 54.6 Å². The fourth-order valence-corrected chi connectivity index (χ4v) is 4.06. The fourth-order valence-electron chi connectivity index (χ4n) is 4.06. The molecule has 0 aliphatic carbocycles. The van der Waals surface area contributed by atoms with Crippen LogP contribution in [0.3, 0.4) is 0 Å². The molecule has 0 saturated heterocycles. The minimum atomic E-state index is -1.01. The molecular weight excluding hydrogens is 408 g/mol. The van der Waals surface area contributed by atoms with Gasteiger partial charge in [-0.15, -0.1) is 0 Å². The number of hydrogen-bond acceptors (Lipinski definition) is 5. The smallest absolute Gasteiger partial charge is 0.329 e. The lowest BCUT2D eigenvalue weighted by Crippen LogP contribution is -2.56. The lowest BCUT2D eigenvalue weighted by molar-refractivity contribution is -0.157. The monoisotopic (exact) mass is 438 g/mol. The van der Waals surface area contributed by atoms with E-state index < -0.39 is 30.1 Å². The summed E-state index contributed by atoms with van der Waals surface area (Å²) in [5.74, 6) is -1.77. The van der Waals surface area contributed by atoms with Gasteiger partial charge in [-0.05, 0) is 43.4 Å². The molecule has 0 aromatic heterocycles. The number of carboxylic acids is 1. The van der Waals surface area contributed by atoms with Crippen LogP contribution in [0.2, 0.25) is 0 Å². The number of nitrogens with zero attached hydrogens (tertiary/aromatic N) is 1. The van der Waals surface area contributed by atoms with Crippen molar-refractivity contribution >= 4 is 17.8 Å². The highest BCUT2D eigenvalue weighted by molar-refractivity contribution is 5.88. The predicted octanol–water partition coefficient (Wildman–Crippen LogP) is 2.57. The number of benzene rings is 2. The molecule has 1 aliphatic heterocycles. The number of rotatable bonds is 9. The molecule has 2 aromatic rings. The van der Waals surface area contributed by atoms with E-state index in [2.05, 4.69) is 5.32 Å². The summed E-state index contributed by atoms with van der Waals surface area (Å²) >= 11 is 0. The van der Waals surface area contributed by atoms with Gasteiger partial charge in [-0.1, -0.05) is 54.6 Å². The number of carbonyl (C=O) groups is 3. The van der Waals surface area contributed by atoms with Gasteiger partial charge < -0.3 is 14.7 Å². The van der Waals surface area contributed by atoms with E-state index in [9.17, 15) is 19.5 Å². The molecule has 2 N–H and O–H groups in total. The Hall–Kier alpha value is -3.19. The maximum Gasteiger partial charge on any atom is 0.329 e. The first-order valence-electron chi connectivity index (χ1n) is 11.0. The zero-order valence-corrected chi connectivity index (χ0v) is 18.5. The van der Waals surface area contributed by atoms with Crippen molar-refractivity contribution in [2.75, 3.05) is 6.61 Å². The number of hydrogen-bond donors (Lipinski definition) is 2. The number of esters is 1. The Kier molecular flexibility index (Phi) is 8.00. The summed E-state index contributed by atoms with van der Waals surface area (Å²) in [5.41, 5.74) is 3.03. The number of amides is 1. The molecule has 32 heavy (non-hydrogen) atoms. The van der Waals surface area contributed by atoms with Gasteiger partial charge in [0.15, 0.2) is 0 Å². The van der Waals surface area contributed by atoms with Crippen LogP contribution in [0.25, 0.3) is 0 Å². The lowest BCUT2D eigenvalue weighted by atomic mass is 9.93. The molecule has 7 nitrogen and oxygen atoms in total. The number of fused-ring (bicyclic) bond motifs is 1. The second-order valence-corrected chi connectivity index (χ2v) is 8.01. The summed E-state index contributed by atoms with van der Waals surface area (Å²) in [4.78, 5) is 39.2. The van der Waals surface area contributed by atoms with Gasteiger partial charge in [0.25, 0.3) is 0 Å². The molecule has 0 fully saturated rings. The van der Waals surface area contributed by atoms with Crippen molar-refractivity contribution in [3.63, 3.8) is 0 Å². The highest BCUT2D eigenvalue weighted by Crippen LogP contribution is 2.25. The van der Waals surface area contributed by atoms with E-state index in [1.807, 2.05) is 54.6 Å². The van der Waals surface area contributed by atoms with Crippen molar-refractivity contribution in [3.05, 3.63) is 71.3 Å². The van der Waals surface area contributed by atoms with E-state index in [0.717, 1.165) is 16.7 Å². The third kappa shape index (κ3) is 5.73. The Morgan fingerprint density at radius 3 is 2.41 bits per heavy atom. The summed E-state index contributed by atoms with van der Waals surface area (Å²) in [6.45, 7) is 3.89. The van der Waals surface area contributed by atoms with E-state index in [1.54, 1.807) is 13.8 Å². The average Bonchev–Trinajstić information content (AvgIpc) is 2.80. The van der Waals surface area contributed by atoms with Gasteiger partial charge in [-0.2, -0.15) is 0 Å². The Morgan fingerprint density at radius 1 is 1.09 bits per heavy atom. The van der Waals surface area contributed by atoms with Gasteiger partial charge in [0, 0.05) is 13.0 Å². The average molecular weight is 439 g/mol. The van der Waals surface area contributed by atoms with Crippen molar-refractivity contribution in [3.8, 4) is 0 Å². The van der Waals surface area contributed by atoms with Gasteiger partial charge >= 0.3 is 11.9 Å². The summed E-state index contributed by atoms with van der Waals surface area (Å²) in [6, 6.07) is 15.0. The summed E-state index contributed by atoms with van der Waals surface area (Å²) in [6.07, 6.45) is 1.30. The molecular formula is C25H30N2O5. The van der Waals surface area contributed by atoms with Crippen LogP contribution in [0.1, 0.15) is 37.0 Å². The highest BCUT2D eigenvalue weighted by Gasteiger charge is 2.38. The molecule has 0 spiro atoms. The topological polar surface area (TPSA) is 95.9 Å². The van der Waals surface area contributed by atoms with Gasteiger partial charge in [-0.3, -0.25) is 14.9 Å².